The smallest absolute Gasteiger partial charge is 0.269 e. The van der Waals surface area contributed by atoms with Crippen LogP contribution in [-0.2, 0) is 10.0 Å². The van der Waals surface area contributed by atoms with Crippen molar-refractivity contribution in [1.29, 1.82) is 0 Å². The van der Waals surface area contributed by atoms with Gasteiger partial charge in [-0.15, -0.1) is 0 Å². The number of nitrogens with one attached hydrogen (secondary N) is 1. The number of anilines is 1. The van der Waals surface area contributed by atoms with E-state index in [1.807, 2.05) is 0 Å². The first-order valence-corrected chi connectivity index (χ1v) is 12.5. The molecule has 2 aliphatic heterocycles. The maximum atomic E-state index is 12.7. The topological polar surface area (TPSA) is 116 Å². The Kier molecular flexibility index (Phi) is 6.61. The maximum absolute atomic E-state index is 12.7. The number of carbonyl (C=O) groups excluding carboxylic acids is 2. The van der Waals surface area contributed by atoms with Crippen LogP contribution in [0.2, 0.25) is 0 Å². The summed E-state index contributed by atoms with van der Waals surface area (Å²) >= 11 is 0. The Bertz CT molecular complexity index is 1130. The lowest BCUT2D eigenvalue weighted by Crippen LogP contribution is -2.47. The molecule has 10 nitrogen and oxygen atoms in total. The van der Waals surface area contributed by atoms with Crippen LogP contribution in [0.3, 0.4) is 0 Å². The minimum Gasteiger partial charge on any atom is -0.352 e. The lowest BCUT2D eigenvalue weighted by molar-refractivity contribution is 0.0845. The highest BCUT2D eigenvalue weighted by Gasteiger charge is 2.42. The molecule has 1 aromatic carbocycles. The molecule has 0 aliphatic carbocycles. The van der Waals surface area contributed by atoms with Gasteiger partial charge in [-0.05, 0) is 51.1 Å². The van der Waals surface area contributed by atoms with Crippen LogP contribution in [0.4, 0.5) is 5.95 Å². The summed E-state index contributed by atoms with van der Waals surface area (Å²) in [5.41, 5.74) is 0.340. The summed E-state index contributed by atoms with van der Waals surface area (Å²) < 4.78 is 26.3. The molecule has 33 heavy (non-hydrogen) atoms. The van der Waals surface area contributed by atoms with Crippen molar-refractivity contribution < 1.29 is 18.0 Å². The standard InChI is InChI=1S/C22H28N6O4S/c1-16(2)28-21(30)18-6-5-17(15-19(18)33(28,31)32)20(29)23-9-4-10-26-11-13-27(14-12-26)22-24-7-3-8-25-22/h3,5-8,15-16H,4,9-14H2,1-2H3,(H,23,29). The molecule has 0 atom stereocenters. The predicted octanol–water partition coefficient (Wildman–Crippen LogP) is 0.972. The van der Waals surface area contributed by atoms with E-state index in [0.717, 1.165) is 49.4 Å². The number of carbonyl (C=O) groups is 2. The van der Waals surface area contributed by atoms with E-state index in [-0.39, 0.29) is 21.9 Å². The molecule has 0 unspecified atom stereocenters. The second-order valence-electron chi connectivity index (χ2n) is 8.40. The molecule has 2 aromatic rings. The van der Waals surface area contributed by atoms with Crippen molar-refractivity contribution in [3.05, 3.63) is 47.8 Å². The lowest BCUT2D eigenvalue weighted by Gasteiger charge is -2.34. The minimum absolute atomic E-state index is 0.103. The van der Waals surface area contributed by atoms with E-state index < -0.39 is 22.0 Å². The van der Waals surface area contributed by atoms with E-state index in [0.29, 0.717) is 6.54 Å². The Morgan fingerprint density at radius 2 is 1.82 bits per heavy atom. The number of amides is 2. The van der Waals surface area contributed by atoms with E-state index in [4.69, 9.17) is 0 Å². The van der Waals surface area contributed by atoms with Gasteiger partial charge in [0.15, 0.2) is 0 Å². The van der Waals surface area contributed by atoms with Crippen LogP contribution in [0.5, 0.6) is 0 Å². The van der Waals surface area contributed by atoms with Crippen molar-refractivity contribution in [3.63, 3.8) is 0 Å². The normalized spacial score (nSPS) is 18.0. The molecular formula is C22H28N6O4S. The van der Waals surface area contributed by atoms with E-state index in [1.54, 1.807) is 32.3 Å². The minimum atomic E-state index is -3.93. The van der Waals surface area contributed by atoms with Crippen molar-refractivity contribution in [1.82, 2.24) is 24.5 Å². The van der Waals surface area contributed by atoms with Crippen molar-refractivity contribution >= 4 is 27.8 Å². The molecule has 0 saturated carbocycles. The fraction of sp³-hybridized carbons (Fsp3) is 0.455. The summed E-state index contributed by atoms with van der Waals surface area (Å²) in [5.74, 6) is -0.153. The SMILES string of the molecule is CC(C)N1C(=O)c2ccc(C(=O)NCCCN3CCN(c4ncccn4)CC3)cc2S1(=O)=O. The highest BCUT2D eigenvalue weighted by molar-refractivity contribution is 7.90. The number of sulfonamides is 1. The quantitative estimate of drug-likeness (QED) is 0.593. The average molecular weight is 473 g/mol. The number of nitrogens with zero attached hydrogens (tertiary/aromatic N) is 5. The van der Waals surface area contributed by atoms with Crippen molar-refractivity contribution in [2.24, 2.45) is 0 Å². The third-order valence-corrected chi connectivity index (χ3v) is 7.82. The fourth-order valence-electron chi connectivity index (χ4n) is 4.13. The zero-order chi connectivity index (χ0) is 23.6. The van der Waals surface area contributed by atoms with Crippen molar-refractivity contribution in [2.45, 2.75) is 31.2 Å². The molecule has 1 saturated heterocycles. The highest BCUT2D eigenvalue weighted by atomic mass is 32.2. The number of benzene rings is 1. The molecule has 176 valence electrons. The summed E-state index contributed by atoms with van der Waals surface area (Å²) in [6.45, 7) is 8.11. The van der Waals surface area contributed by atoms with Gasteiger partial charge in [0.05, 0.1) is 5.56 Å². The van der Waals surface area contributed by atoms with Crippen LogP contribution in [0.1, 0.15) is 41.0 Å². The fourth-order valence-corrected chi connectivity index (χ4v) is 5.93. The number of piperazine rings is 1. The second-order valence-corrected chi connectivity index (χ2v) is 10.2. The molecule has 0 spiro atoms. The molecule has 3 heterocycles. The lowest BCUT2D eigenvalue weighted by atomic mass is 10.1. The van der Waals surface area contributed by atoms with Gasteiger partial charge in [-0.3, -0.25) is 14.5 Å². The summed E-state index contributed by atoms with van der Waals surface area (Å²) in [7, 11) is -3.93. The first-order valence-electron chi connectivity index (χ1n) is 11.0. The van der Waals surface area contributed by atoms with E-state index in [1.165, 1.54) is 18.2 Å². The molecule has 0 radical (unpaired) electrons. The van der Waals surface area contributed by atoms with Crippen LogP contribution in [0.25, 0.3) is 0 Å². The largest absolute Gasteiger partial charge is 0.352 e. The summed E-state index contributed by atoms with van der Waals surface area (Å²) in [5, 5.41) is 2.85. The highest BCUT2D eigenvalue weighted by Crippen LogP contribution is 2.32. The first-order chi connectivity index (χ1) is 15.8. The Labute approximate surface area is 193 Å². The molecule has 2 amide bonds. The predicted molar refractivity (Wildman–Crippen MR) is 123 cm³/mol. The zero-order valence-corrected chi connectivity index (χ0v) is 19.6. The van der Waals surface area contributed by atoms with Gasteiger partial charge < -0.3 is 10.2 Å². The molecule has 2 aliphatic rings. The van der Waals surface area contributed by atoms with Crippen LogP contribution in [-0.4, -0.2) is 84.7 Å². The van der Waals surface area contributed by atoms with E-state index in [2.05, 4.69) is 25.1 Å². The molecule has 1 N–H and O–H groups in total. The Balaban J connectivity index is 1.26. The molecule has 1 aromatic heterocycles. The Hall–Kier alpha value is -3.05. The molecule has 0 bridgehead atoms. The van der Waals surface area contributed by atoms with Crippen LogP contribution >= 0.6 is 0 Å². The van der Waals surface area contributed by atoms with Gasteiger partial charge in [0.1, 0.15) is 4.90 Å². The van der Waals surface area contributed by atoms with E-state index >= 15 is 0 Å². The van der Waals surface area contributed by atoms with Crippen molar-refractivity contribution in [3.8, 4) is 0 Å². The number of fused-ring (bicyclic) bond motifs is 1. The Morgan fingerprint density at radius 1 is 1.12 bits per heavy atom. The third-order valence-electron chi connectivity index (χ3n) is 5.82. The molecule has 11 heteroatoms. The van der Waals surface area contributed by atoms with Gasteiger partial charge in [0.25, 0.3) is 21.8 Å². The van der Waals surface area contributed by atoms with Crippen LogP contribution < -0.4 is 10.2 Å². The maximum Gasteiger partial charge on any atom is 0.269 e. The van der Waals surface area contributed by atoms with Gasteiger partial charge in [-0.25, -0.2) is 22.7 Å². The van der Waals surface area contributed by atoms with Gasteiger partial charge in [0, 0.05) is 56.7 Å². The van der Waals surface area contributed by atoms with Gasteiger partial charge in [-0.1, -0.05) is 0 Å². The molecule has 4 rings (SSSR count). The number of aromatic nitrogens is 2. The Morgan fingerprint density at radius 3 is 2.48 bits per heavy atom. The van der Waals surface area contributed by atoms with Gasteiger partial charge in [0.2, 0.25) is 5.95 Å². The average Bonchev–Trinajstić information content (AvgIpc) is 3.02. The van der Waals surface area contributed by atoms with Gasteiger partial charge >= 0.3 is 0 Å². The van der Waals surface area contributed by atoms with Gasteiger partial charge in [-0.2, -0.15) is 0 Å². The molecular weight excluding hydrogens is 444 g/mol. The summed E-state index contributed by atoms with van der Waals surface area (Å²) in [6, 6.07) is 5.52. The van der Waals surface area contributed by atoms with Crippen LogP contribution in [0, 0.1) is 0 Å². The number of hydrogen-bond donors (Lipinski definition) is 1. The second kappa shape index (κ2) is 9.44. The monoisotopic (exact) mass is 472 g/mol. The number of rotatable bonds is 7. The zero-order valence-electron chi connectivity index (χ0n) is 18.8. The summed E-state index contributed by atoms with van der Waals surface area (Å²) in [6.07, 6.45) is 4.26. The van der Waals surface area contributed by atoms with Crippen molar-refractivity contribution in [2.75, 3.05) is 44.2 Å². The number of hydrogen-bond acceptors (Lipinski definition) is 8. The van der Waals surface area contributed by atoms with E-state index in [9.17, 15) is 18.0 Å². The third kappa shape index (κ3) is 4.69. The van der Waals surface area contributed by atoms with Crippen LogP contribution in [0.15, 0.2) is 41.6 Å². The first kappa shape index (κ1) is 23.1. The molecule has 1 fully saturated rings. The summed E-state index contributed by atoms with van der Waals surface area (Å²) in [4.78, 5) is 38.0.